The Morgan fingerprint density at radius 2 is 2.15 bits per heavy atom. The maximum absolute atomic E-state index is 5.53. The fourth-order valence-electron chi connectivity index (χ4n) is 3.11. The summed E-state index contributed by atoms with van der Waals surface area (Å²) < 4.78 is 5.53. The van der Waals surface area contributed by atoms with Crippen molar-refractivity contribution in [3.8, 4) is 5.75 Å². The van der Waals surface area contributed by atoms with Crippen LogP contribution in [0.1, 0.15) is 37.4 Å². The third-order valence-corrected chi connectivity index (χ3v) is 4.31. The minimum Gasteiger partial charge on any atom is -0.496 e. The topological polar surface area (TPSA) is 24.5 Å². The number of likely N-dealkylation sites (N-methyl/N-ethyl adjacent to an activating group) is 1. The van der Waals surface area contributed by atoms with Crippen LogP contribution in [-0.2, 0) is 0 Å². The van der Waals surface area contributed by atoms with Gasteiger partial charge in [0.1, 0.15) is 5.75 Å². The van der Waals surface area contributed by atoms with E-state index in [2.05, 4.69) is 49.2 Å². The lowest BCUT2D eigenvalue weighted by atomic mass is 9.93. The molecule has 1 aromatic rings. The molecule has 0 bridgehead atoms. The quantitative estimate of drug-likeness (QED) is 0.895. The van der Waals surface area contributed by atoms with E-state index < -0.39 is 0 Å². The van der Waals surface area contributed by atoms with Gasteiger partial charge in [0.2, 0.25) is 0 Å². The second kappa shape index (κ2) is 6.15. The molecule has 1 aromatic carbocycles. The molecule has 1 atom stereocenters. The molecule has 0 aliphatic carbocycles. The minimum atomic E-state index is 0.318. The second-order valence-corrected chi connectivity index (χ2v) is 6.74. The predicted molar refractivity (Wildman–Crippen MR) is 84.4 cm³/mol. The third-order valence-electron chi connectivity index (χ3n) is 4.31. The lowest BCUT2D eigenvalue weighted by molar-refractivity contribution is 0.262. The Morgan fingerprint density at radius 1 is 1.40 bits per heavy atom. The monoisotopic (exact) mass is 276 g/mol. The number of nitrogens with zero attached hydrogens (tertiary/aromatic N) is 1. The molecule has 0 saturated carbocycles. The van der Waals surface area contributed by atoms with Crippen LogP contribution in [0.3, 0.4) is 0 Å². The molecule has 0 spiro atoms. The van der Waals surface area contributed by atoms with Gasteiger partial charge in [-0.05, 0) is 38.4 Å². The van der Waals surface area contributed by atoms with E-state index in [1.165, 1.54) is 30.6 Å². The summed E-state index contributed by atoms with van der Waals surface area (Å²) in [6.07, 6.45) is 1.29. The van der Waals surface area contributed by atoms with Gasteiger partial charge in [-0.2, -0.15) is 0 Å². The minimum absolute atomic E-state index is 0.318. The van der Waals surface area contributed by atoms with Crippen LogP contribution in [0.5, 0.6) is 5.75 Å². The molecule has 1 aliphatic rings. The Balaban J connectivity index is 2.14. The van der Waals surface area contributed by atoms with Crippen LogP contribution in [0.4, 0.5) is 0 Å². The first kappa shape index (κ1) is 15.3. The normalized spacial score (nSPS) is 20.1. The second-order valence-electron chi connectivity index (χ2n) is 6.74. The average Bonchev–Trinajstić information content (AvgIpc) is 2.75. The summed E-state index contributed by atoms with van der Waals surface area (Å²) >= 11 is 0. The fraction of sp³-hybridized carbons (Fsp3) is 0.647. The Labute approximate surface area is 123 Å². The number of benzene rings is 1. The van der Waals surface area contributed by atoms with Crippen molar-refractivity contribution < 1.29 is 4.74 Å². The zero-order valence-corrected chi connectivity index (χ0v) is 13.5. The van der Waals surface area contributed by atoms with Gasteiger partial charge in [0.05, 0.1) is 7.11 Å². The molecular formula is C17H28N2O. The third kappa shape index (κ3) is 3.53. The molecule has 1 unspecified atom stereocenters. The smallest absolute Gasteiger partial charge is 0.123 e. The summed E-state index contributed by atoms with van der Waals surface area (Å²) in [4.78, 5) is 2.56. The number of nitrogens with one attached hydrogen (secondary N) is 1. The van der Waals surface area contributed by atoms with Gasteiger partial charge in [-0.15, -0.1) is 0 Å². The molecule has 1 heterocycles. The maximum atomic E-state index is 5.53. The predicted octanol–water partition coefficient (Wildman–Crippen LogP) is 3.00. The molecule has 1 saturated heterocycles. The molecule has 1 fully saturated rings. The van der Waals surface area contributed by atoms with Crippen LogP contribution in [0.15, 0.2) is 18.2 Å². The number of methoxy groups -OCH3 is 1. The molecule has 20 heavy (non-hydrogen) atoms. The van der Waals surface area contributed by atoms with Crippen LogP contribution in [0.2, 0.25) is 0 Å². The Bertz CT molecular complexity index is 456. The van der Waals surface area contributed by atoms with Gasteiger partial charge in [0.25, 0.3) is 0 Å². The molecule has 0 radical (unpaired) electrons. The number of hydrogen-bond donors (Lipinski definition) is 1. The number of aryl methyl sites for hydroxylation is 1. The average molecular weight is 276 g/mol. The Hall–Kier alpha value is -1.06. The van der Waals surface area contributed by atoms with Gasteiger partial charge in [-0.25, -0.2) is 0 Å². The van der Waals surface area contributed by atoms with Gasteiger partial charge in [-0.3, -0.25) is 0 Å². The fourth-order valence-corrected chi connectivity index (χ4v) is 3.11. The van der Waals surface area contributed by atoms with Crippen LogP contribution in [0.25, 0.3) is 0 Å². The van der Waals surface area contributed by atoms with Crippen molar-refractivity contribution in [2.75, 3.05) is 33.8 Å². The molecule has 1 aliphatic heterocycles. The van der Waals surface area contributed by atoms with E-state index in [0.29, 0.717) is 11.5 Å². The number of rotatable bonds is 5. The highest BCUT2D eigenvalue weighted by Crippen LogP contribution is 2.32. The Kier molecular flexibility index (Phi) is 4.71. The van der Waals surface area contributed by atoms with Crippen molar-refractivity contribution in [2.24, 2.45) is 5.41 Å². The standard InChI is InChI=1S/C17H28N2O/c1-13-6-7-16(20-5)14(10-13)15(18-4)11-19-9-8-17(2,3)12-19/h6-7,10,15,18H,8-9,11-12H2,1-5H3. The maximum Gasteiger partial charge on any atom is 0.123 e. The first-order valence-corrected chi connectivity index (χ1v) is 7.49. The van der Waals surface area contributed by atoms with E-state index in [-0.39, 0.29) is 0 Å². The molecule has 1 N–H and O–H groups in total. The number of likely N-dealkylation sites (tertiary alicyclic amines) is 1. The van der Waals surface area contributed by atoms with Crippen molar-refractivity contribution in [2.45, 2.75) is 33.2 Å². The molecule has 3 nitrogen and oxygen atoms in total. The number of ether oxygens (including phenoxy) is 1. The summed E-state index contributed by atoms with van der Waals surface area (Å²) in [7, 11) is 3.79. The molecule has 3 heteroatoms. The number of hydrogen-bond acceptors (Lipinski definition) is 3. The summed E-state index contributed by atoms with van der Waals surface area (Å²) in [6.45, 7) is 10.3. The zero-order valence-electron chi connectivity index (χ0n) is 13.5. The van der Waals surface area contributed by atoms with E-state index in [1.807, 2.05) is 7.05 Å². The van der Waals surface area contributed by atoms with Crippen molar-refractivity contribution in [1.29, 1.82) is 0 Å². The molecule has 0 amide bonds. The summed E-state index contributed by atoms with van der Waals surface area (Å²) in [5.74, 6) is 0.980. The van der Waals surface area contributed by atoms with Crippen molar-refractivity contribution in [3.05, 3.63) is 29.3 Å². The largest absolute Gasteiger partial charge is 0.496 e. The van der Waals surface area contributed by atoms with Gasteiger partial charge in [-0.1, -0.05) is 31.5 Å². The van der Waals surface area contributed by atoms with E-state index in [9.17, 15) is 0 Å². The van der Waals surface area contributed by atoms with Gasteiger partial charge >= 0.3 is 0 Å². The van der Waals surface area contributed by atoms with Crippen molar-refractivity contribution >= 4 is 0 Å². The highest BCUT2D eigenvalue weighted by molar-refractivity contribution is 5.39. The van der Waals surface area contributed by atoms with E-state index in [0.717, 1.165) is 12.3 Å². The van der Waals surface area contributed by atoms with Crippen LogP contribution >= 0.6 is 0 Å². The first-order valence-electron chi connectivity index (χ1n) is 7.49. The van der Waals surface area contributed by atoms with Crippen LogP contribution in [0, 0.1) is 12.3 Å². The van der Waals surface area contributed by atoms with Crippen LogP contribution in [-0.4, -0.2) is 38.7 Å². The van der Waals surface area contributed by atoms with Crippen molar-refractivity contribution in [3.63, 3.8) is 0 Å². The SMILES string of the molecule is CNC(CN1CCC(C)(C)C1)c1cc(C)ccc1OC. The lowest BCUT2D eigenvalue weighted by Crippen LogP contribution is -2.33. The summed E-state index contributed by atoms with van der Waals surface area (Å²) in [5.41, 5.74) is 3.00. The lowest BCUT2D eigenvalue weighted by Gasteiger charge is -2.26. The Morgan fingerprint density at radius 3 is 2.70 bits per heavy atom. The van der Waals surface area contributed by atoms with E-state index >= 15 is 0 Å². The highest BCUT2D eigenvalue weighted by atomic mass is 16.5. The highest BCUT2D eigenvalue weighted by Gasteiger charge is 2.30. The van der Waals surface area contributed by atoms with E-state index in [1.54, 1.807) is 7.11 Å². The first-order chi connectivity index (χ1) is 9.45. The molecule has 112 valence electrons. The van der Waals surface area contributed by atoms with E-state index in [4.69, 9.17) is 4.74 Å². The van der Waals surface area contributed by atoms with Gasteiger partial charge < -0.3 is 15.0 Å². The van der Waals surface area contributed by atoms with Crippen LogP contribution < -0.4 is 10.1 Å². The van der Waals surface area contributed by atoms with Gasteiger partial charge in [0, 0.05) is 24.7 Å². The summed E-state index contributed by atoms with van der Waals surface area (Å²) in [5, 5.41) is 3.45. The van der Waals surface area contributed by atoms with Gasteiger partial charge in [0.15, 0.2) is 0 Å². The summed E-state index contributed by atoms with van der Waals surface area (Å²) in [6, 6.07) is 6.73. The zero-order chi connectivity index (χ0) is 14.8. The molecular weight excluding hydrogens is 248 g/mol. The molecule has 0 aromatic heterocycles. The van der Waals surface area contributed by atoms with Crippen molar-refractivity contribution in [1.82, 2.24) is 10.2 Å². The molecule has 2 rings (SSSR count).